The molecule has 1 aromatic carbocycles. The number of aryl methyl sites for hydroxylation is 2. The van der Waals surface area contributed by atoms with Crippen molar-refractivity contribution >= 4 is 34.0 Å². The van der Waals surface area contributed by atoms with Crippen molar-refractivity contribution in [1.29, 1.82) is 0 Å². The summed E-state index contributed by atoms with van der Waals surface area (Å²) in [6.07, 6.45) is 6.32. The van der Waals surface area contributed by atoms with Crippen LogP contribution in [0, 0.1) is 19.8 Å². The second-order valence-electron chi connectivity index (χ2n) is 7.94. The van der Waals surface area contributed by atoms with Crippen molar-refractivity contribution in [2.24, 2.45) is 5.92 Å². The number of hydrogen-bond donors (Lipinski definition) is 1. The second kappa shape index (κ2) is 7.99. The summed E-state index contributed by atoms with van der Waals surface area (Å²) < 4.78 is 0. The molecule has 0 spiro atoms. The van der Waals surface area contributed by atoms with Crippen LogP contribution in [0.1, 0.15) is 60.6 Å². The van der Waals surface area contributed by atoms with Gasteiger partial charge < -0.3 is 10.2 Å². The molecule has 1 aliphatic heterocycles. The fourth-order valence-corrected chi connectivity index (χ4v) is 4.95. The van der Waals surface area contributed by atoms with Crippen LogP contribution in [0.4, 0.5) is 10.8 Å². The van der Waals surface area contributed by atoms with Gasteiger partial charge in [-0.1, -0.05) is 36.7 Å². The summed E-state index contributed by atoms with van der Waals surface area (Å²) in [4.78, 5) is 26.9. The van der Waals surface area contributed by atoms with Gasteiger partial charge in [0.1, 0.15) is 5.01 Å². The summed E-state index contributed by atoms with van der Waals surface area (Å²) in [5, 5.41) is 12.9. The Morgan fingerprint density at radius 2 is 1.93 bits per heavy atom. The molecule has 28 heavy (non-hydrogen) atoms. The SMILES string of the molecule is Cc1ccc(N2C[C@H](C(=O)Nc3nnc(C4CCCCC4)s3)CC2=O)cc1C. The molecule has 6 nitrogen and oxygen atoms in total. The number of nitrogens with zero attached hydrogens (tertiary/aromatic N) is 3. The monoisotopic (exact) mass is 398 g/mol. The van der Waals surface area contributed by atoms with E-state index in [4.69, 9.17) is 0 Å². The molecule has 0 unspecified atom stereocenters. The maximum atomic E-state index is 12.7. The van der Waals surface area contributed by atoms with Crippen LogP contribution in [-0.2, 0) is 9.59 Å². The number of aromatic nitrogens is 2. The van der Waals surface area contributed by atoms with E-state index >= 15 is 0 Å². The third kappa shape index (κ3) is 3.94. The van der Waals surface area contributed by atoms with Crippen molar-refractivity contribution < 1.29 is 9.59 Å². The molecule has 1 N–H and O–H groups in total. The number of carbonyl (C=O) groups excluding carboxylic acids is 2. The first-order valence-corrected chi connectivity index (χ1v) is 10.8. The van der Waals surface area contributed by atoms with Gasteiger partial charge in [-0.3, -0.25) is 9.59 Å². The number of hydrogen-bond acceptors (Lipinski definition) is 5. The molecule has 148 valence electrons. The lowest BCUT2D eigenvalue weighted by molar-refractivity contribution is -0.122. The molecule has 2 amide bonds. The molecule has 1 aromatic heterocycles. The molecular weight excluding hydrogens is 372 g/mol. The first kappa shape index (κ1) is 19.1. The van der Waals surface area contributed by atoms with Crippen LogP contribution in [0.25, 0.3) is 0 Å². The molecule has 0 radical (unpaired) electrons. The lowest BCUT2D eigenvalue weighted by Crippen LogP contribution is -2.28. The minimum atomic E-state index is -0.365. The lowest BCUT2D eigenvalue weighted by Gasteiger charge is -2.18. The number of benzene rings is 1. The van der Waals surface area contributed by atoms with E-state index in [1.165, 1.54) is 36.2 Å². The summed E-state index contributed by atoms with van der Waals surface area (Å²) in [5.41, 5.74) is 3.19. The first-order valence-electron chi connectivity index (χ1n) is 10.0. The molecule has 2 heterocycles. The third-order valence-corrected chi connectivity index (χ3v) is 6.92. The zero-order chi connectivity index (χ0) is 19.7. The third-order valence-electron chi connectivity index (χ3n) is 5.92. The molecule has 1 atom stereocenters. The first-order chi connectivity index (χ1) is 13.5. The van der Waals surface area contributed by atoms with E-state index in [1.54, 1.807) is 4.90 Å². The van der Waals surface area contributed by atoms with Crippen LogP contribution >= 0.6 is 11.3 Å². The Balaban J connectivity index is 1.39. The van der Waals surface area contributed by atoms with Gasteiger partial charge in [-0.2, -0.15) is 0 Å². The van der Waals surface area contributed by atoms with Gasteiger partial charge >= 0.3 is 0 Å². The maximum absolute atomic E-state index is 12.7. The number of anilines is 2. The lowest BCUT2D eigenvalue weighted by atomic mass is 9.90. The number of nitrogens with one attached hydrogen (secondary N) is 1. The van der Waals surface area contributed by atoms with E-state index in [2.05, 4.69) is 15.5 Å². The maximum Gasteiger partial charge on any atom is 0.231 e. The fraction of sp³-hybridized carbons (Fsp3) is 0.524. The van der Waals surface area contributed by atoms with Crippen LogP contribution in [-0.4, -0.2) is 28.6 Å². The molecule has 1 saturated heterocycles. The molecule has 7 heteroatoms. The average Bonchev–Trinajstić information content (AvgIpc) is 3.31. The van der Waals surface area contributed by atoms with Crippen LogP contribution < -0.4 is 10.2 Å². The van der Waals surface area contributed by atoms with Crippen LogP contribution in [0.3, 0.4) is 0 Å². The molecule has 0 bridgehead atoms. The van der Waals surface area contributed by atoms with Crippen molar-refractivity contribution in [1.82, 2.24) is 10.2 Å². The largest absolute Gasteiger partial charge is 0.312 e. The van der Waals surface area contributed by atoms with E-state index in [0.717, 1.165) is 29.1 Å². The van der Waals surface area contributed by atoms with Gasteiger partial charge in [0.25, 0.3) is 0 Å². The Bertz CT molecular complexity index is 888. The molecule has 1 aliphatic carbocycles. The van der Waals surface area contributed by atoms with Crippen molar-refractivity contribution in [2.45, 2.75) is 58.3 Å². The highest BCUT2D eigenvalue weighted by atomic mass is 32.1. The molecule has 2 fully saturated rings. The smallest absolute Gasteiger partial charge is 0.231 e. The quantitative estimate of drug-likeness (QED) is 0.838. The summed E-state index contributed by atoms with van der Waals surface area (Å²) in [5.74, 6) is -0.0454. The molecule has 4 rings (SSSR count). The minimum absolute atomic E-state index is 0.0106. The van der Waals surface area contributed by atoms with Crippen LogP contribution in [0.15, 0.2) is 18.2 Å². The van der Waals surface area contributed by atoms with Crippen molar-refractivity contribution in [3.63, 3.8) is 0 Å². The highest BCUT2D eigenvalue weighted by Gasteiger charge is 2.35. The predicted molar refractivity (Wildman–Crippen MR) is 111 cm³/mol. The standard InChI is InChI=1S/C21H26N4O2S/c1-13-8-9-17(10-14(13)2)25-12-16(11-18(25)26)19(27)22-21-24-23-20(28-21)15-6-4-3-5-7-15/h8-10,15-16H,3-7,11-12H2,1-2H3,(H,22,24,27)/t16-/m1/s1. The Hall–Kier alpha value is -2.28. The summed E-state index contributed by atoms with van der Waals surface area (Å²) in [6.45, 7) is 4.48. The van der Waals surface area contributed by atoms with E-state index < -0.39 is 0 Å². The van der Waals surface area contributed by atoms with E-state index in [9.17, 15) is 9.59 Å². The predicted octanol–water partition coefficient (Wildman–Crippen LogP) is 4.19. The molecule has 2 aromatic rings. The zero-order valence-corrected chi connectivity index (χ0v) is 17.2. The molecule has 2 aliphatic rings. The van der Waals surface area contributed by atoms with Gasteiger partial charge in [0.15, 0.2) is 0 Å². The van der Waals surface area contributed by atoms with Gasteiger partial charge in [-0.05, 0) is 49.9 Å². The highest BCUT2D eigenvalue weighted by Crippen LogP contribution is 2.35. The van der Waals surface area contributed by atoms with Gasteiger partial charge in [-0.15, -0.1) is 10.2 Å². The van der Waals surface area contributed by atoms with Crippen molar-refractivity contribution in [3.8, 4) is 0 Å². The summed E-state index contributed by atoms with van der Waals surface area (Å²) >= 11 is 1.48. The molecule has 1 saturated carbocycles. The number of carbonyl (C=O) groups is 2. The minimum Gasteiger partial charge on any atom is -0.312 e. The Morgan fingerprint density at radius 3 is 2.68 bits per heavy atom. The topological polar surface area (TPSA) is 75.2 Å². The zero-order valence-electron chi connectivity index (χ0n) is 16.4. The second-order valence-corrected chi connectivity index (χ2v) is 8.95. The Kier molecular flexibility index (Phi) is 5.44. The van der Waals surface area contributed by atoms with Crippen LogP contribution in [0.5, 0.6) is 0 Å². The van der Waals surface area contributed by atoms with E-state index in [0.29, 0.717) is 17.6 Å². The highest BCUT2D eigenvalue weighted by molar-refractivity contribution is 7.15. The summed E-state index contributed by atoms with van der Waals surface area (Å²) in [7, 11) is 0. The average molecular weight is 399 g/mol. The Labute approximate surface area is 169 Å². The van der Waals surface area contributed by atoms with Crippen molar-refractivity contribution in [2.75, 3.05) is 16.8 Å². The van der Waals surface area contributed by atoms with E-state index in [-0.39, 0.29) is 24.2 Å². The van der Waals surface area contributed by atoms with Gasteiger partial charge in [0.2, 0.25) is 16.9 Å². The van der Waals surface area contributed by atoms with Gasteiger partial charge in [0, 0.05) is 24.6 Å². The van der Waals surface area contributed by atoms with Crippen molar-refractivity contribution in [3.05, 3.63) is 34.3 Å². The van der Waals surface area contributed by atoms with Gasteiger partial charge in [0.05, 0.1) is 5.92 Å². The molecular formula is C21H26N4O2S. The summed E-state index contributed by atoms with van der Waals surface area (Å²) in [6, 6.07) is 5.97. The van der Waals surface area contributed by atoms with Gasteiger partial charge in [-0.25, -0.2) is 0 Å². The number of rotatable bonds is 4. The van der Waals surface area contributed by atoms with E-state index in [1.807, 2.05) is 32.0 Å². The fourth-order valence-electron chi connectivity index (χ4n) is 4.03. The number of amides is 2. The van der Waals surface area contributed by atoms with Crippen LogP contribution in [0.2, 0.25) is 0 Å². The normalized spacial score (nSPS) is 20.6. The Morgan fingerprint density at radius 1 is 1.14 bits per heavy atom.